The Morgan fingerprint density at radius 1 is 1.48 bits per heavy atom. The number of methoxy groups -OCH3 is 1. The van der Waals surface area contributed by atoms with E-state index in [-0.39, 0.29) is 6.04 Å². The van der Waals surface area contributed by atoms with E-state index in [0.717, 1.165) is 19.3 Å². The molecule has 6 nitrogen and oxygen atoms in total. The third-order valence-electron chi connectivity index (χ3n) is 4.20. The minimum Gasteiger partial charge on any atom is -0.481 e. The number of carboxylic acid groups (broad SMARTS) is 1. The molecule has 1 aromatic heterocycles. The third kappa shape index (κ3) is 3.15. The number of carboxylic acids is 1. The molecule has 1 aromatic rings. The van der Waals surface area contributed by atoms with Crippen LogP contribution < -0.4 is 5.32 Å². The number of rotatable bonds is 4. The summed E-state index contributed by atoms with van der Waals surface area (Å²) in [6.07, 6.45) is 4.81. The molecule has 0 bridgehead atoms. The van der Waals surface area contributed by atoms with Crippen molar-refractivity contribution in [2.24, 2.45) is 5.41 Å². The first-order valence-electron chi connectivity index (χ1n) is 7.01. The van der Waals surface area contributed by atoms with E-state index in [2.05, 4.69) is 15.0 Å². The molecule has 2 rings (SSSR count). The number of nitrogens with one attached hydrogen (secondary N) is 1. The molecule has 0 aliphatic heterocycles. The molecule has 0 spiro atoms. The first kappa shape index (κ1) is 15.3. The number of hydrogen-bond donors (Lipinski definition) is 2. The summed E-state index contributed by atoms with van der Waals surface area (Å²) < 4.78 is 4.67. The highest BCUT2D eigenvalue weighted by molar-refractivity contribution is 5.90. The smallest absolute Gasteiger partial charge is 0.338 e. The normalized spacial score (nSPS) is 25.1. The summed E-state index contributed by atoms with van der Waals surface area (Å²) in [6.45, 7) is 1.76. The number of esters is 1. The van der Waals surface area contributed by atoms with Crippen molar-refractivity contribution >= 4 is 17.8 Å². The number of carbonyl (C=O) groups is 2. The number of aliphatic carboxylic acids is 1. The molecule has 2 N–H and O–H groups in total. The fourth-order valence-corrected chi connectivity index (χ4v) is 2.75. The van der Waals surface area contributed by atoms with Gasteiger partial charge in [0.25, 0.3) is 0 Å². The van der Waals surface area contributed by atoms with Crippen LogP contribution in [0.1, 0.15) is 43.0 Å². The van der Waals surface area contributed by atoms with Gasteiger partial charge in [0.15, 0.2) is 0 Å². The first-order valence-corrected chi connectivity index (χ1v) is 7.01. The second kappa shape index (κ2) is 6.11. The van der Waals surface area contributed by atoms with Crippen LogP contribution in [0.3, 0.4) is 0 Å². The van der Waals surface area contributed by atoms with E-state index in [1.54, 1.807) is 19.1 Å². The van der Waals surface area contributed by atoms with Gasteiger partial charge < -0.3 is 15.2 Å². The summed E-state index contributed by atoms with van der Waals surface area (Å²) in [5.41, 5.74) is -0.427. The highest BCUT2D eigenvalue weighted by Gasteiger charge is 2.43. The Hall–Kier alpha value is -2.11. The van der Waals surface area contributed by atoms with E-state index in [9.17, 15) is 14.7 Å². The topological polar surface area (TPSA) is 88.5 Å². The number of aromatic nitrogens is 1. The van der Waals surface area contributed by atoms with Gasteiger partial charge in [-0.1, -0.05) is 12.8 Å². The average molecular weight is 292 g/mol. The van der Waals surface area contributed by atoms with E-state index >= 15 is 0 Å². The quantitative estimate of drug-likeness (QED) is 0.828. The summed E-state index contributed by atoms with van der Waals surface area (Å²) in [6, 6.07) is 2.95. The second-order valence-corrected chi connectivity index (χ2v) is 5.59. The Balaban J connectivity index is 2.20. The molecule has 1 saturated carbocycles. The molecule has 0 aromatic carbocycles. The summed E-state index contributed by atoms with van der Waals surface area (Å²) in [5.74, 6) is -0.744. The maximum Gasteiger partial charge on any atom is 0.338 e. The lowest BCUT2D eigenvalue weighted by Crippen LogP contribution is -2.46. The predicted octanol–water partition coefficient (Wildman–Crippen LogP) is 2.31. The minimum atomic E-state index is -0.818. The van der Waals surface area contributed by atoms with Crippen molar-refractivity contribution in [1.29, 1.82) is 0 Å². The highest BCUT2D eigenvalue weighted by atomic mass is 16.5. The van der Waals surface area contributed by atoms with Crippen molar-refractivity contribution in [3.05, 3.63) is 23.9 Å². The molecule has 114 valence electrons. The lowest BCUT2D eigenvalue weighted by molar-refractivity contribution is -0.150. The van der Waals surface area contributed by atoms with Crippen molar-refractivity contribution < 1.29 is 19.4 Å². The largest absolute Gasteiger partial charge is 0.481 e. The average Bonchev–Trinajstić information content (AvgIpc) is 2.49. The van der Waals surface area contributed by atoms with Crippen molar-refractivity contribution in [2.45, 2.75) is 38.6 Å². The van der Waals surface area contributed by atoms with Gasteiger partial charge in [-0.25, -0.2) is 9.78 Å². The zero-order valence-corrected chi connectivity index (χ0v) is 12.3. The van der Waals surface area contributed by atoms with Crippen molar-refractivity contribution in [1.82, 2.24) is 4.98 Å². The van der Waals surface area contributed by atoms with Gasteiger partial charge >= 0.3 is 11.9 Å². The number of nitrogens with zero attached hydrogens (tertiary/aromatic N) is 1. The number of ether oxygens (including phenoxy) is 1. The van der Waals surface area contributed by atoms with E-state index in [1.807, 2.05) is 0 Å². The van der Waals surface area contributed by atoms with Crippen LogP contribution in [0.2, 0.25) is 0 Å². The van der Waals surface area contributed by atoms with Gasteiger partial charge in [-0.2, -0.15) is 0 Å². The molecule has 1 heterocycles. The summed E-state index contributed by atoms with van der Waals surface area (Å²) in [5, 5.41) is 12.7. The van der Waals surface area contributed by atoms with Crippen LogP contribution in [0, 0.1) is 5.41 Å². The predicted molar refractivity (Wildman–Crippen MR) is 77.2 cm³/mol. The van der Waals surface area contributed by atoms with E-state index in [0.29, 0.717) is 17.8 Å². The molecule has 1 aliphatic rings. The number of carbonyl (C=O) groups excluding carboxylic acids is 1. The molecule has 0 saturated heterocycles. The fourth-order valence-electron chi connectivity index (χ4n) is 2.75. The van der Waals surface area contributed by atoms with Crippen LogP contribution in [0.4, 0.5) is 5.82 Å². The van der Waals surface area contributed by atoms with Gasteiger partial charge in [0, 0.05) is 12.2 Å². The zero-order valence-electron chi connectivity index (χ0n) is 12.3. The first-order chi connectivity index (χ1) is 9.97. The van der Waals surface area contributed by atoms with Crippen LogP contribution in [0.5, 0.6) is 0 Å². The van der Waals surface area contributed by atoms with E-state index < -0.39 is 17.4 Å². The van der Waals surface area contributed by atoms with Crippen LogP contribution >= 0.6 is 0 Å². The highest BCUT2D eigenvalue weighted by Crippen LogP contribution is 2.38. The summed E-state index contributed by atoms with van der Waals surface area (Å²) in [7, 11) is 1.32. The van der Waals surface area contributed by atoms with Crippen LogP contribution in [-0.2, 0) is 9.53 Å². The second-order valence-electron chi connectivity index (χ2n) is 5.59. The molecule has 0 radical (unpaired) electrons. The summed E-state index contributed by atoms with van der Waals surface area (Å²) >= 11 is 0. The molecule has 6 heteroatoms. The number of anilines is 1. The SMILES string of the molecule is COC(=O)c1ccnc(NC2CCCCC2(C)C(=O)O)c1. The molecular formula is C15H20N2O4. The zero-order chi connectivity index (χ0) is 15.5. The van der Waals surface area contributed by atoms with Gasteiger partial charge in [-0.3, -0.25) is 4.79 Å². The van der Waals surface area contributed by atoms with Crippen molar-refractivity contribution in [3.8, 4) is 0 Å². The van der Waals surface area contributed by atoms with Gasteiger partial charge in [0.2, 0.25) is 0 Å². The Bertz CT molecular complexity index is 546. The fraction of sp³-hybridized carbons (Fsp3) is 0.533. The van der Waals surface area contributed by atoms with Crippen LogP contribution in [-0.4, -0.2) is 35.2 Å². The van der Waals surface area contributed by atoms with Crippen molar-refractivity contribution in [3.63, 3.8) is 0 Å². The monoisotopic (exact) mass is 292 g/mol. The van der Waals surface area contributed by atoms with Crippen LogP contribution in [0.25, 0.3) is 0 Å². The van der Waals surface area contributed by atoms with E-state index in [4.69, 9.17) is 0 Å². The lowest BCUT2D eigenvalue weighted by atomic mass is 9.71. The number of hydrogen-bond acceptors (Lipinski definition) is 5. The maximum atomic E-state index is 11.6. The minimum absolute atomic E-state index is 0.204. The van der Waals surface area contributed by atoms with Gasteiger partial charge in [-0.05, 0) is 31.9 Å². The molecule has 21 heavy (non-hydrogen) atoms. The summed E-state index contributed by atoms with van der Waals surface area (Å²) in [4.78, 5) is 27.2. The molecule has 0 amide bonds. The molecule has 1 aliphatic carbocycles. The standard InChI is InChI=1S/C15H20N2O4/c1-15(14(19)20)7-4-3-5-11(15)17-12-9-10(6-8-16-12)13(18)21-2/h6,8-9,11H,3-5,7H2,1-2H3,(H,16,17)(H,19,20). The Morgan fingerprint density at radius 3 is 2.90 bits per heavy atom. The Labute approximate surface area is 123 Å². The Kier molecular flexibility index (Phi) is 4.45. The van der Waals surface area contributed by atoms with Crippen molar-refractivity contribution in [2.75, 3.05) is 12.4 Å². The van der Waals surface area contributed by atoms with Crippen LogP contribution in [0.15, 0.2) is 18.3 Å². The molecular weight excluding hydrogens is 272 g/mol. The van der Waals surface area contributed by atoms with E-state index in [1.165, 1.54) is 13.3 Å². The molecule has 2 atom stereocenters. The van der Waals surface area contributed by atoms with Gasteiger partial charge in [0.1, 0.15) is 5.82 Å². The van der Waals surface area contributed by atoms with Gasteiger partial charge in [0.05, 0.1) is 18.1 Å². The third-order valence-corrected chi connectivity index (χ3v) is 4.20. The Morgan fingerprint density at radius 2 is 2.24 bits per heavy atom. The number of pyridine rings is 1. The molecule has 2 unspecified atom stereocenters. The van der Waals surface area contributed by atoms with Gasteiger partial charge in [-0.15, -0.1) is 0 Å². The maximum absolute atomic E-state index is 11.6. The molecule has 1 fully saturated rings. The lowest BCUT2D eigenvalue weighted by Gasteiger charge is -2.38.